The van der Waals surface area contributed by atoms with Gasteiger partial charge in [0.1, 0.15) is 5.69 Å². The van der Waals surface area contributed by atoms with Crippen LogP contribution in [0.5, 0.6) is 0 Å². The zero-order chi connectivity index (χ0) is 17.1. The Morgan fingerprint density at radius 3 is 3.12 bits per heavy atom. The summed E-state index contributed by atoms with van der Waals surface area (Å²) in [4.78, 5) is 12.3. The Bertz CT molecular complexity index is 861. The predicted molar refractivity (Wildman–Crippen MR) is 95.6 cm³/mol. The molecule has 0 radical (unpaired) electrons. The van der Waals surface area contributed by atoms with Gasteiger partial charge in [-0.1, -0.05) is 18.2 Å². The number of fused-ring (bicyclic) bond motifs is 1. The maximum atomic E-state index is 12.3. The zero-order valence-electron chi connectivity index (χ0n) is 14.1. The molecule has 1 saturated heterocycles. The van der Waals surface area contributed by atoms with Crippen LogP contribution in [0.25, 0.3) is 10.9 Å². The lowest BCUT2D eigenvalue weighted by molar-refractivity contribution is 0.0168. The van der Waals surface area contributed by atoms with E-state index in [0.717, 1.165) is 37.1 Å². The highest BCUT2D eigenvalue weighted by Crippen LogP contribution is 2.16. The van der Waals surface area contributed by atoms with Gasteiger partial charge in [0, 0.05) is 24.9 Å². The fourth-order valence-electron chi connectivity index (χ4n) is 3.29. The van der Waals surface area contributed by atoms with Crippen LogP contribution < -0.4 is 5.32 Å². The number of benzene rings is 1. The Morgan fingerprint density at radius 1 is 1.32 bits per heavy atom. The van der Waals surface area contributed by atoms with E-state index >= 15 is 0 Å². The summed E-state index contributed by atoms with van der Waals surface area (Å²) in [5.74, 6) is -0.158. The van der Waals surface area contributed by atoms with Gasteiger partial charge in [-0.15, -0.1) is 0 Å². The monoisotopic (exact) mass is 338 g/mol. The van der Waals surface area contributed by atoms with Crippen molar-refractivity contribution >= 4 is 16.8 Å². The van der Waals surface area contributed by atoms with Crippen LogP contribution in [0.3, 0.4) is 0 Å². The third-order valence-electron chi connectivity index (χ3n) is 4.65. The first-order valence-electron chi connectivity index (χ1n) is 8.77. The number of hydrogen-bond acceptors (Lipinski definition) is 3. The molecule has 1 amide bonds. The Balaban J connectivity index is 1.38. The number of aromatic amines is 1. The molecule has 1 aliphatic rings. The summed E-state index contributed by atoms with van der Waals surface area (Å²) in [6, 6.07) is 12.1. The lowest BCUT2D eigenvalue weighted by Crippen LogP contribution is -2.35. The van der Waals surface area contributed by atoms with Gasteiger partial charge in [0.2, 0.25) is 0 Å². The van der Waals surface area contributed by atoms with Crippen LogP contribution in [0, 0.1) is 0 Å². The number of hydrogen-bond donors (Lipinski definition) is 2. The largest absolute Gasteiger partial charge is 0.376 e. The van der Waals surface area contributed by atoms with Gasteiger partial charge < -0.3 is 14.6 Å². The second kappa shape index (κ2) is 7.11. The maximum Gasteiger partial charge on any atom is 0.271 e. The molecule has 4 rings (SSSR count). The molecule has 0 aliphatic carbocycles. The molecule has 1 fully saturated rings. The van der Waals surface area contributed by atoms with Crippen LogP contribution in [0.1, 0.15) is 35.4 Å². The molecule has 1 aliphatic heterocycles. The zero-order valence-corrected chi connectivity index (χ0v) is 14.1. The Hall–Kier alpha value is -2.60. The number of para-hydroxylation sites is 1. The average Bonchev–Trinajstić information content (AvgIpc) is 3.29. The lowest BCUT2D eigenvalue weighted by Gasteiger charge is -2.22. The minimum Gasteiger partial charge on any atom is -0.376 e. The first kappa shape index (κ1) is 15.9. The highest BCUT2D eigenvalue weighted by molar-refractivity contribution is 5.92. The molecule has 2 N–H and O–H groups in total. The van der Waals surface area contributed by atoms with Gasteiger partial charge in [-0.3, -0.25) is 9.89 Å². The van der Waals surface area contributed by atoms with E-state index in [0.29, 0.717) is 18.8 Å². The van der Waals surface area contributed by atoms with Crippen molar-refractivity contribution in [1.29, 1.82) is 0 Å². The third kappa shape index (κ3) is 3.58. The fraction of sp³-hybridized carbons (Fsp3) is 0.368. The van der Waals surface area contributed by atoms with E-state index in [9.17, 15) is 4.79 Å². The van der Waals surface area contributed by atoms with Crippen molar-refractivity contribution in [3.8, 4) is 0 Å². The van der Waals surface area contributed by atoms with E-state index in [1.165, 1.54) is 5.39 Å². The van der Waals surface area contributed by atoms with E-state index in [4.69, 9.17) is 4.74 Å². The topological polar surface area (TPSA) is 71.9 Å². The molecule has 0 saturated carbocycles. The molecule has 3 aromatic rings. The van der Waals surface area contributed by atoms with Crippen LogP contribution >= 0.6 is 0 Å². The fourth-order valence-corrected chi connectivity index (χ4v) is 3.29. The van der Waals surface area contributed by atoms with Crippen molar-refractivity contribution in [1.82, 2.24) is 20.1 Å². The molecule has 1 aromatic carbocycles. The number of aromatic nitrogens is 3. The Morgan fingerprint density at radius 2 is 2.24 bits per heavy atom. The van der Waals surface area contributed by atoms with Gasteiger partial charge in [-0.25, -0.2) is 0 Å². The minimum absolute atomic E-state index is 0.127. The second-order valence-corrected chi connectivity index (χ2v) is 6.48. The third-order valence-corrected chi connectivity index (χ3v) is 4.65. The quantitative estimate of drug-likeness (QED) is 0.751. The molecular formula is C19H22N4O2. The number of amides is 1. The number of nitrogens with zero attached hydrogens (tertiary/aromatic N) is 2. The number of H-pyrrole nitrogens is 1. The van der Waals surface area contributed by atoms with Crippen LogP contribution in [-0.4, -0.2) is 39.9 Å². The van der Waals surface area contributed by atoms with Crippen molar-refractivity contribution in [3.63, 3.8) is 0 Å². The highest BCUT2D eigenvalue weighted by Gasteiger charge is 2.16. The summed E-state index contributed by atoms with van der Waals surface area (Å²) in [7, 11) is 0. The van der Waals surface area contributed by atoms with Gasteiger partial charge in [-0.05, 0) is 42.8 Å². The van der Waals surface area contributed by atoms with Crippen LogP contribution in [-0.2, 0) is 11.3 Å². The van der Waals surface area contributed by atoms with Crippen LogP contribution in [0.15, 0.2) is 42.6 Å². The lowest BCUT2D eigenvalue weighted by atomic mass is 10.1. The van der Waals surface area contributed by atoms with Gasteiger partial charge in [0.05, 0.1) is 18.3 Å². The van der Waals surface area contributed by atoms with Crippen molar-refractivity contribution in [2.24, 2.45) is 0 Å². The molecular weight excluding hydrogens is 316 g/mol. The number of carbonyl (C=O) groups excluding carboxylic acids is 1. The highest BCUT2D eigenvalue weighted by atomic mass is 16.5. The average molecular weight is 338 g/mol. The van der Waals surface area contributed by atoms with Crippen molar-refractivity contribution in [2.75, 3.05) is 13.2 Å². The number of carbonyl (C=O) groups is 1. The van der Waals surface area contributed by atoms with Gasteiger partial charge in [0.15, 0.2) is 0 Å². The molecule has 6 nitrogen and oxygen atoms in total. The molecule has 1 atom stereocenters. The summed E-state index contributed by atoms with van der Waals surface area (Å²) in [6.07, 6.45) is 5.46. The normalized spacial score (nSPS) is 17.7. The van der Waals surface area contributed by atoms with E-state index < -0.39 is 0 Å². The SMILES string of the molecule is O=C(NCC1CCCCO1)c1cc(Cn2ccc3ccccc32)[nH]n1. The van der Waals surface area contributed by atoms with Crippen LogP contribution in [0.4, 0.5) is 0 Å². The molecule has 6 heteroatoms. The summed E-state index contributed by atoms with van der Waals surface area (Å²) >= 11 is 0. The van der Waals surface area contributed by atoms with Crippen LogP contribution in [0.2, 0.25) is 0 Å². The first-order chi connectivity index (χ1) is 12.3. The van der Waals surface area contributed by atoms with E-state index in [2.05, 4.69) is 38.3 Å². The van der Waals surface area contributed by atoms with Crippen molar-refractivity contribution in [3.05, 3.63) is 54.0 Å². The van der Waals surface area contributed by atoms with E-state index in [1.807, 2.05) is 24.4 Å². The van der Waals surface area contributed by atoms with E-state index in [-0.39, 0.29) is 12.0 Å². The molecule has 2 aromatic heterocycles. The number of nitrogens with one attached hydrogen (secondary N) is 2. The first-order valence-corrected chi connectivity index (χ1v) is 8.77. The molecule has 25 heavy (non-hydrogen) atoms. The summed E-state index contributed by atoms with van der Waals surface area (Å²) in [6.45, 7) is 1.99. The maximum absolute atomic E-state index is 12.3. The second-order valence-electron chi connectivity index (χ2n) is 6.48. The molecule has 3 heterocycles. The molecule has 0 spiro atoms. The number of rotatable bonds is 5. The summed E-state index contributed by atoms with van der Waals surface area (Å²) in [5.41, 5.74) is 2.49. The molecule has 0 bridgehead atoms. The van der Waals surface area contributed by atoms with Gasteiger partial charge in [0.25, 0.3) is 5.91 Å². The van der Waals surface area contributed by atoms with Gasteiger partial charge >= 0.3 is 0 Å². The standard InChI is InChI=1S/C19H22N4O2/c24-19(20-12-16-6-3-4-10-25-16)17-11-15(21-22-17)13-23-9-8-14-5-1-2-7-18(14)23/h1-2,5,7-9,11,16H,3-4,6,10,12-13H2,(H,20,24)(H,21,22). The smallest absolute Gasteiger partial charge is 0.271 e. The Kier molecular flexibility index (Phi) is 4.52. The molecule has 130 valence electrons. The van der Waals surface area contributed by atoms with Gasteiger partial charge in [-0.2, -0.15) is 5.10 Å². The summed E-state index contributed by atoms with van der Waals surface area (Å²) < 4.78 is 7.77. The van der Waals surface area contributed by atoms with Crippen molar-refractivity contribution in [2.45, 2.75) is 31.9 Å². The molecule has 1 unspecified atom stereocenters. The Labute approximate surface area is 146 Å². The van der Waals surface area contributed by atoms with Crippen molar-refractivity contribution < 1.29 is 9.53 Å². The minimum atomic E-state index is -0.158. The van der Waals surface area contributed by atoms with E-state index in [1.54, 1.807) is 0 Å². The number of ether oxygens (including phenoxy) is 1. The predicted octanol–water partition coefficient (Wildman–Crippen LogP) is 2.71. The summed E-state index contributed by atoms with van der Waals surface area (Å²) in [5, 5.41) is 11.2.